The van der Waals surface area contributed by atoms with Gasteiger partial charge in [0.25, 0.3) is 0 Å². The molecule has 0 heterocycles. The van der Waals surface area contributed by atoms with Gasteiger partial charge in [-0.15, -0.1) is 0 Å². The molecule has 0 aliphatic heterocycles. The fourth-order valence-corrected chi connectivity index (χ4v) is 2.17. The maximum absolute atomic E-state index is 3.89. The van der Waals surface area contributed by atoms with Crippen molar-refractivity contribution in [3.05, 3.63) is 24.3 Å². The molecule has 1 unspecified atom stereocenters. The fourth-order valence-electron chi connectivity index (χ4n) is 1.75. The number of allylic oxidation sites excluding steroid dienone is 1. The summed E-state index contributed by atoms with van der Waals surface area (Å²) in [7, 11) is 0. The first-order valence-corrected chi connectivity index (χ1v) is 7.02. The van der Waals surface area contributed by atoms with E-state index in [0.29, 0.717) is 6.04 Å². The third-order valence-electron chi connectivity index (χ3n) is 2.55. The van der Waals surface area contributed by atoms with Crippen molar-refractivity contribution >= 4 is 4.23 Å². The molecule has 0 saturated carbocycles. The molecule has 0 N–H and O–H groups in total. The van der Waals surface area contributed by atoms with E-state index in [9.17, 15) is 0 Å². The number of hydrogen-bond acceptors (Lipinski definition) is 1. The van der Waals surface area contributed by atoms with Crippen LogP contribution in [0.1, 0.15) is 33.6 Å². The summed E-state index contributed by atoms with van der Waals surface area (Å²) in [6.45, 7) is 13.0. The van der Waals surface area contributed by atoms with Gasteiger partial charge in [0.1, 0.15) is 0 Å². The van der Waals surface area contributed by atoms with E-state index in [0.717, 1.165) is 0 Å². The van der Waals surface area contributed by atoms with E-state index in [1.807, 2.05) is 6.08 Å². The van der Waals surface area contributed by atoms with Gasteiger partial charge in [0.15, 0.2) is 0 Å². The van der Waals surface area contributed by atoms with Gasteiger partial charge in [0.2, 0.25) is 0 Å². The topological polar surface area (TPSA) is 3.24 Å². The van der Waals surface area contributed by atoms with Crippen molar-refractivity contribution in [3.8, 4) is 0 Å². The Morgan fingerprint density at radius 3 is 2.20 bits per heavy atom. The second-order valence-electron chi connectivity index (χ2n) is 3.73. The van der Waals surface area contributed by atoms with E-state index in [2.05, 4.69) is 42.6 Å². The second kappa shape index (κ2) is 9.29. The Morgan fingerprint density at radius 1 is 1.33 bits per heavy atom. The molecule has 2 heteroatoms. The predicted octanol–water partition coefficient (Wildman–Crippen LogP) is 2.96. The van der Waals surface area contributed by atoms with Crippen LogP contribution in [-0.2, 0) is 20.6 Å². The van der Waals surface area contributed by atoms with Crippen LogP contribution < -0.4 is 0 Å². The van der Waals surface area contributed by atoms with Crippen LogP contribution in [-0.4, -0.2) is 28.3 Å². The van der Waals surface area contributed by atoms with E-state index >= 15 is 0 Å². The van der Waals surface area contributed by atoms with Crippen LogP contribution in [0, 0.1) is 0 Å². The Kier molecular flexibility index (Phi) is 9.32. The first kappa shape index (κ1) is 15.1. The van der Waals surface area contributed by atoms with Crippen LogP contribution in [0.15, 0.2) is 24.3 Å². The predicted molar refractivity (Wildman–Crippen MR) is 66.0 cm³/mol. The zero-order valence-electron chi connectivity index (χ0n) is 10.2. The van der Waals surface area contributed by atoms with Crippen LogP contribution in [0.4, 0.5) is 0 Å². The first-order chi connectivity index (χ1) is 7.21. The van der Waals surface area contributed by atoms with Gasteiger partial charge in [-0.1, -0.05) is 0 Å². The number of rotatable bonds is 8. The van der Waals surface area contributed by atoms with E-state index < -0.39 is 0 Å². The van der Waals surface area contributed by atoms with Crippen molar-refractivity contribution in [3.63, 3.8) is 0 Å². The summed E-state index contributed by atoms with van der Waals surface area (Å²) in [5.41, 5.74) is 1.33. The van der Waals surface area contributed by atoms with Gasteiger partial charge in [-0.2, -0.15) is 0 Å². The monoisotopic (exact) mass is 286 g/mol. The Hall–Kier alpha value is 0.0503. The number of hydrogen-bond donors (Lipinski definition) is 0. The van der Waals surface area contributed by atoms with Crippen LogP contribution >= 0.6 is 0 Å². The summed E-state index contributed by atoms with van der Waals surface area (Å²) in [6, 6.07) is 0.493. The first-order valence-electron chi connectivity index (χ1n) is 5.75. The molecular formula is C13H23NNb. The molecule has 0 aliphatic rings. The summed E-state index contributed by atoms with van der Waals surface area (Å²) in [5, 5.41) is 0. The molecule has 0 fully saturated rings. The molecule has 0 bridgehead atoms. The van der Waals surface area contributed by atoms with E-state index in [1.54, 1.807) is 20.6 Å². The maximum atomic E-state index is 3.89. The van der Waals surface area contributed by atoms with Gasteiger partial charge >= 0.3 is 107 Å². The fraction of sp³-hybridized carbons (Fsp3) is 0.615. The Morgan fingerprint density at radius 2 is 1.87 bits per heavy atom. The molecule has 0 aromatic rings. The zero-order valence-corrected chi connectivity index (χ0v) is 12.4. The molecule has 15 heavy (non-hydrogen) atoms. The molecule has 0 radical (unpaired) electrons. The van der Waals surface area contributed by atoms with Crippen molar-refractivity contribution in [1.29, 1.82) is 0 Å². The summed E-state index contributed by atoms with van der Waals surface area (Å²) in [6.07, 6.45) is 6.60. The number of nitrogens with zero attached hydrogens (tertiary/aromatic N) is 1. The molecule has 0 saturated heterocycles. The third-order valence-corrected chi connectivity index (χ3v) is 2.92. The summed E-state index contributed by atoms with van der Waals surface area (Å²) >= 11 is 1.72. The molecule has 0 aromatic carbocycles. The summed E-state index contributed by atoms with van der Waals surface area (Å²) in [4.78, 5) is 2.53. The molecule has 0 aliphatic carbocycles. The van der Waals surface area contributed by atoms with Crippen LogP contribution in [0.25, 0.3) is 0 Å². The van der Waals surface area contributed by atoms with Crippen molar-refractivity contribution in [2.24, 2.45) is 0 Å². The van der Waals surface area contributed by atoms with Crippen molar-refractivity contribution < 1.29 is 20.6 Å². The van der Waals surface area contributed by atoms with Crippen LogP contribution in [0.5, 0.6) is 0 Å². The zero-order chi connectivity index (χ0) is 11.7. The molecule has 1 atom stereocenters. The third kappa shape index (κ3) is 5.62. The normalized spacial score (nSPS) is 13.9. The van der Waals surface area contributed by atoms with Crippen molar-refractivity contribution in [2.75, 3.05) is 13.1 Å². The van der Waals surface area contributed by atoms with E-state index in [-0.39, 0.29) is 0 Å². The Bertz CT molecular complexity index is 215. The quantitative estimate of drug-likeness (QED) is 0.490. The van der Waals surface area contributed by atoms with Gasteiger partial charge < -0.3 is 0 Å². The molecule has 0 aromatic heterocycles. The Labute approximate surface area is 107 Å². The van der Waals surface area contributed by atoms with Gasteiger partial charge in [-0.05, 0) is 0 Å². The molecule has 0 rings (SSSR count). The van der Waals surface area contributed by atoms with E-state index in [1.165, 1.54) is 31.5 Å². The molecule has 0 amide bonds. The minimum atomic E-state index is 0.493. The SMILES string of the molecule is C=C/C(=C\[CH]=[Nb])C(C)N(CCC)CCC. The standard InChI is InChI=1S/C13H23N.Nb/c1-6-10-14(11-7-2)12(5)13(8-3)9-4;/h3,8-9,12H,4,6-7,10-11H2,1-2,5H3;/b13-8+;. The average Bonchev–Trinajstić information content (AvgIpc) is 2.24. The Balaban J connectivity index is 4.57. The van der Waals surface area contributed by atoms with Crippen molar-refractivity contribution in [1.82, 2.24) is 4.90 Å². The van der Waals surface area contributed by atoms with Gasteiger partial charge in [-0.25, -0.2) is 0 Å². The van der Waals surface area contributed by atoms with Crippen LogP contribution in [0.3, 0.4) is 0 Å². The molecule has 85 valence electrons. The molecular weight excluding hydrogens is 263 g/mol. The van der Waals surface area contributed by atoms with Gasteiger partial charge in [0, 0.05) is 0 Å². The van der Waals surface area contributed by atoms with Gasteiger partial charge in [-0.3, -0.25) is 0 Å². The van der Waals surface area contributed by atoms with Gasteiger partial charge in [0.05, 0.1) is 0 Å². The molecule has 0 spiro atoms. The van der Waals surface area contributed by atoms with E-state index in [4.69, 9.17) is 0 Å². The minimum absolute atomic E-state index is 0.493. The molecule has 1 nitrogen and oxygen atoms in total. The summed E-state index contributed by atoms with van der Waals surface area (Å²) in [5.74, 6) is 0. The van der Waals surface area contributed by atoms with Crippen LogP contribution in [0.2, 0.25) is 0 Å². The van der Waals surface area contributed by atoms with Crippen molar-refractivity contribution in [2.45, 2.75) is 39.7 Å². The average molecular weight is 286 g/mol. The summed E-state index contributed by atoms with van der Waals surface area (Å²) < 4.78 is 2.14. The second-order valence-corrected chi connectivity index (χ2v) is 4.46.